The lowest BCUT2D eigenvalue weighted by Crippen LogP contribution is -1.95. The number of fused-ring (bicyclic) bond motifs is 5. The van der Waals surface area contributed by atoms with E-state index in [4.69, 9.17) is 11.5 Å². The number of benzene rings is 6. The summed E-state index contributed by atoms with van der Waals surface area (Å²) in [5.41, 5.74) is 23.9. The largest absolute Gasteiger partial charge is 0.404 e. The minimum absolute atomic E-state index is 0.755. The van der Waals surface area contributed by atoms with Crippen LogP contribution in [0.2, 0.25) is 0 Å². The van der Waals surface area contributed by atoms with Crippen LogP contribution in [0.25, 0.3) is 71.8 Å². The quantitative estimate of drug-likeness (QED) is 0.181. The first-order valence-electron chi connectivity index (χ1n) is 15.5. The maximum absolute atomic E-state index is 6.26. The van der Waals surface area contributed by atoms with Crippen molar-refractivity contribution in [1.82, 2.24) is 4.57 Å². The van der Waals surface area contributed by atoms with E-state index >= 15 is 0 Å². The SMILES string of the molecule is C=C/C(=C\N)c1ccc(-c2ccc3c4ccc5cc(-c6ccc(/C(N)=C/C=C\C)cc6)ccc5c4n(-c4ccccc4)c3c2)cc1. The normalized spacial score (nSPS) is 12.5. The smallest absolute Gasteiger partial charge is 0.0619 e. The molecule has 0 bridgehead atoms. The Morgan fingerprint density at radius 1 is 0.652 bits per heavy atom. The van der Waals surface area contributed by atoms with E-state index < -0.39 is 0 Å². The Kier molecular flexibility index (Phi) is 7.58. The molecule has 46 heavy (non-hydrogen) atoms. The summed E-state index contributed by atoms with van der Waals surface area (Å²) < 4.78 is 2.41. The van der Waals surface area contributed by atoms with Crippen molar-refractivity contribution in [2.45, 2.75) is 6.92 Å². The first-order valence-corrected chi connectivity index (χ1v) is 15.5. The fourth-order valence-corrected chi connectivity index (χ4v) is 6.33. The van der Waals surface area contributed by atoms with E-state index in [9.17, 15) is 0 Å². The van der Waals surface area contributed by atoms with E-state index in [1.165, 1.54) is 38.1 Å². The minimum atomic E-state index is 0.755. The molecule has 0 unspecified atom stereocenters. The van der Waals surface area contributed by atoms with Gasteiger partial charge in [-0.2, -0.15) is 0 Å². The van der Waals surface area contributed by atoms with Crippen LogP contribution < -0.4 is 11.5 Å². The Hall–Kier alpha value is -6.06. The Labute approximate surface area is 269 Å². The Bertz CT molecular complexity index is 2320. The van der Waals surface area contributed by atoms with Gasteiger partial charge in [0.1, 0.15) is 0 Å². The molecule has 0 radical (unpaired) electrons. The number of para-hydroxylation sites is 1. The van der Waals surface area contributed by atoms with E-state index in [2.05, 4.69) is 139 Å². The van der Waals surface area contributed by atoms with Crippen LogP contribution in [0, 0.1) is 0 Å². The van der Waals surface area contributed by atoms with E-state index in [0.29, 0.717) is 0 Å². The van der Waals surface area contributed by atoms with Gasteiger partial charge >= 0.3 is 0 Å². The summed E-state index contributed by atoms with van der Waals surface area (Å²) in [6.45, 7) is 5.87. The van der Waals surface area contributed by atoms with Crippen LogP contribution >= 0.6 is 0 Å². The number of allylic oxidation sites excluding steroid dienone is 5. The fraction of sp³-hybridized carbons (Fsp3) is 0.0233. The summed E-state index contributed by atoms with van der Waals surface area (Å²) in [6.07, 6.45) is 9.24. The lowest BCUT2D eigenvalue weighted by Gasteiger charge is -2.12. The molecule has 7 aromatic rings. The average molecular weight is 594 g/mol. The molecule has 0 atom stereocenters. The zero-order chi connectivity index (χ0) is 31.6. The van der Waals surface area contributed by atoms with Gasteiger partial charge in [-0.1, -0.05) is 128 Å². The monoisotopic (exact) mass is 593 g/mol. The van der Waals surface area contributed by atoms with Gasteiger partial charge in [-0.15, -0.1) is 0 Å². The Morgan fingerprint density at radius 2 is 1.26 bits per heavy atom. The van der Waals surface area contributed by atoms with Crippen LogP contribution in [0.5, 0.6) is 0 Å². The molecule has 7 rings (SSSR count). The lowest BCUT2D eigenvalue weighted by atomic mass is 9.98. The van der Waals surface area contributed by atoms with Gasteiger partial charge < -0.3 is 16.0 Å². The van der Waals surface area contributed by atoms with E-state index in [1.807, 2.05) is 25.2 Å². The summed E-state index contributed by atoms with van der Waals surface area (Å²) >= 11 is 0. The maximum atomic E-state index is 6.26. The number of hydrogen-bond donors (Lipinski definition) is 2. The van der Waals surface area contributed by atoms with Crippen molar-refractivity contribution in [3.8, 4) is 27.9 Å². The number of hydrogen-bond acceptors (Lipinski definition) is 2. The molecule has 0 saturated heterocycles. The van der Waals surface area contributed by atoms with Crippen molar-refractivity contribution in [2.24, 2.45) is 11.5 Å². The number of aromatic nitrogens is 1. The van der Waals surface area contributed by atoms with Crippen LogP contribution in [-0.2, 0) is 0 Å². The first kappa shape index (κ1) is 28.7. The van der Waals surface area contributed by atoms with E-state index in [1.54, 1.807) is 12.3 Å². The van der Waals surface area contributed by atoms with Crippen LogP contribution in [0.15, 0.2) is 164 Å². The summed E-state index contributed by atoms with van der Waals surface area (Å²) in [7, 11) is 0. The molecular weight excluding hydrogens is 558 g/mol. The fourth-order valence-electron chi connectivity index (χ4n) is 6.33. The topological polar surface area (TPSA) is 57.0 Å². The van der Waals surface area contributed by atoms with Gasteiger partial charge in [0.05, 0.1) is 11.0 Å². The van der Waals surface area contributed by atoms with Gasteiger partial charge in [0.25, 0.3) is 0 Å². The summed E-state index contributed by atoms with van der Waals surface area (Å²) in [5, 5.41) is 4.87. The second-order valence-electron chi connectivity index (χ2n) is 11.4. The molecule has 0 aliphatic heterocycles. The highest BCUT2D eigenvalue weighted by Crippen LogP contribution is 2.39. The lowest BCUT2D eigenvalue weighted by molar-refractivity contribution is 1.19. The predicted molar refractivity (Wildman–Crippen MR) is 198 cm³/mol. The standard InChI is InChI=1S/C43H35N3/c1-3-5-11-41(45)33-18-16-31(17-19-33)34-20-23-38-36(26-34)22-25-40-39-24-21-35(32-14-12-30(13-15-32)29(4-2)28-44)27-42(39)46(43(38)40)37-9-7-6-8-10-37/h3-28H,2,44-45H2,1H3/b5-3-,29-28+,41-11-. The van der Waals surface area contributed by atoms with Crippen LogP contribution in [-0.4, -0.2) is 4.57 Å². The summed E-state index contributed by atoms with van der Waals surface area (Å²) in [4.78, 5) is 0. The van der Waals surface area contributed by atoms with Gasteiger partial charge in [-0.25, -0.2) is 0 Å². The molecule has 0 amide bonds. The molecule has 0 spiro atoms. The predicted octanol–water partition coefficient (Wildman–Crippen LogP) is 10.6. The van der Waals surface area contributed by atoms with Crippen molar-refractivity contribution in [2.75, 3.05) is 0 Å². The van der Waals surface area contributed by atoms with Crippen LogP contribution in [0.1, 0.15) is 18.1 Å². The molecule has 4 N–H and O–H groups in total. The first-order chi connectivity index (χ1) is 22.6. The third-order valence-corrected chi connectivity index (χ3v) is 8.73. The molecular formula is C43H35N3. The molecule has 1 aromatic heterocycles. The van der Waals surface area contributed by atoms with Crippen molar-refractivity contribution >= 4 is 43.8 Å². The molecule has 6 aromatic carbocycles. The Morgan fingerprint density at radius 3 is 1.91 bits per heavy atom. The molecule has 0 fully saturated rings. The third-order valence-electron chi connectivity index (χ3n) is 8.73. The average Bonchev–Trinajstić information content (AvgIpc) is 3.45. The molecule has 0 aliphatic carbocycles. The number of nitrogens with two attached hydrogens (primary N) is 2. The molecule has 3 nitrogen and oxygen atoms in total. The molecule has 3 heteroatoms. The third kappa shape index (κ3) is 5.08. The zero-order valence-electron chi connectivity index (χ0n) is 25.8. The van der Waals surface area contributed by atoms with Gasteiger partial charge in [-0.05, 0) is 81.6 Å². The van der Waals surface area contributed by atoms with Crippen LogP contribution in [0.3, 0.4) is 0 Å². The van der Waals surface area contributed by atoms with Gasteiger partial charge in [0, 0.05) is 33.7 Å². The van der Waals surface area contributed by atoms with Crippen molar-refractivity contribution in [3.63, 3.8) is 0 Å². The highest BCUT2D eigenvalue weighted by Gasteiger charge is 2.16. The van der Waals surface area contributed by atoms with Crippen molar-refractivity contribution in [3.05, 3.63) is 176 Å². The highest BCUT2D eigenvalue weighted by atomic mass is 15.0. The van der Waals surface area contributed by atoms with Crippen LogP contribution in [0.4, 0.5) is 0 Å². The van der Waals surface area contributed by atoms with Gasteiger partial charge in [0.15, 0.2) is 0 Å². The number of nitrogens with zero attached hydrogens (tertiary/aromatic N) is 1. The maximum Gasteiger partial charge on any atom is 0.0619 e. The molecule has 222 valence electrons. The number of rotatable bonds is 7. The van der Waals surface area contributed by atoms with E-state index in [0.717, 1.165) is 44.8 Å². The van der Waals surface area contributed by atoms with Gasteiger partial charge in [0.2, 0.25) is 0 Å². The zero-order valence-corrected chi connectivity index (χ0v) is 25.8. The van der Waals surface area contributed by atoms with Crippen molar-refractivity contribution in [1.29, 1.82) is 0 Å². The van der Waals surface area contributed by atoms with Gasteiger partial charge in [-0.3, -0.25) is 0 Å². The Balaban J connectivity index is 1.38. The summed E-state index contributed by atoms with van der Waals surface area (Å²) in [6, 6.07) is 45.7. The molecule has 0 aliphatic rings. The molecule has 0 saturated carbocycles. The minimum Gasteiger partial charge on any atom is -0.404 e. The molecule has 1 heterocycles. The van der Waals surface area contributed by atoms with Crippen molar-refractivity contribution < 1.29 is 0 Å². The highest BCUT2D eigenvalue weighted by molar-refractivity contribution is 6.19. The second kappa shape index (κ2) is 12.1. The van der Waals surface area contributed by atoms with E-state index in [-0.39, 0.29) is 0 Å². The second-order valence-corrected chi connectivity index (χ2v) is 11.4. The summed E-state index contributed by atoms with van der Waals surface area (Å²) in [5.74, 6) is 0.